The average molecular weight is 364 g/mol. The minimum absolute atomic E-state index is 0.0477. The molecule has 2 heterocycles. The van der Waals surface area contributed by atoms with E-state index in [0.29, 0.717) is 18.5 Å². The lowest BCUT2D eigenvalue weighted by atomic mass is 10.0. The molecule has 3 aromatic rings. The number of methoxy groups -OCH3 is 1. The Morgan fingerprint density at radius 3 is 2.78 bits per heavy atom. The second-order valence-electron chi connectivity index (χ2n) is 6.23. The highest BCUT2D eigenvalue weighted by Crippen LogP contribution is 2.27. The van der Waals surface area contributed by atoms with Crippen LogP contribution in [0.1, 0.15) is 23.1 Å². The highest BCUT2D eigenvalue weighted by atomic mass is 16.5. The first-order chi connectivity index (χ1) is 13.0. The number of aliphatic carboxylic acids is 1. The van der Waals surface area contributed by atoms with Crippen molar-refractivity contribution in [3.63, 3.8) is 0 Å². The molecule has 0 aliphatic carbocycles. The molecule has 0 bridgehead atoms. The number of aromatic nitrogens is 2. The van der Waals surface area contributed by atoms with E-state index in [2.05, 4.69) is 11.6 Å². The third kappa shape index (κ3) is 4.06. The van der Waals surface area contributed by atoms with E-state index in [1.807, 2.05) is 35.0 Å². The lowest BCUT2D eigenvalue weighted by Gasteiger charge is -2.06. The van der Waals surface area contributed by atoms with Crippen LogP contribution in [0.2, 0.25) is 0 Å². The van der Waals surface area contributed by atoms with Crippen LogP contribution in [-0.4, -0.2) is 33.7 Å². The van der Waals surface area contributed by atoms with Gasteiger partial charge in [-0.2, -0.15) is 0 Å². The first-order valence-electron chi connectivity index (χ1n) is 8.49. The zero-order valence-electron chi connectivity index (χ0n) is 15.0. The molecule has 1 N–H and O–H groups in total. The molecule has 2 aromatic heterocycles. The zero-order valence-corrected chi connectivity index (χ0v) is 15.0. The van der Waals surface area contributed by atoms with E-state index < -0.39 is 5.97 Å². The predicted molar refractivity (Wildman–Crippen MR) is 102 cm³/mol. The first-order valence-corrected chi connectivity index (χ1v) is 8.49. The molecule has 138 valence electrons. The van der Waals surface area contributed by atoms with Gasteiger partial charge in [0.2, 0.25) is 0 Å². The molecule has 1 aromatic carbocycles. The van der Waals surface area contributed by atoms with Crippen LogP contribution in [-0.2, 0) is 27.3 Å². The molecule has 0 spiro atoms. The third-order valence-electron chi connectivity index (χ3n) is 4.47. The van der Waals surface area contributed by atoms with Gasteiger partial charge in [0, 0.05) is 42.5 Å². The second kappa shape index (κ2) is 7.86. The van der Waals surface area contributed by atoms with E-state index in [9.17, 15) is 14.7 Å². The highest BCUT2D eigenvalue weighted by Gasteiger charge is 2.14. The second-order valence-corrected chi connectivity index (χ2v) is 6.23. The lowest BCUT2D eigenvalue weighted by Crippen LogP contribution is -2.06. The Kier molecular flexibility index (Phi) is 5.35. The Morgan fingerprint density at radius 2 is 2.11 bits per heavy atom. The Balaban J connectivity index is 2.04. The molecule has 6 heteroatoms. The van der Waals surface area contributed by atoms with Crippen LogP contribution < -0.4 is 0 Å². The van der Waals surface area contributed by atoms with Crippen molar-refractivity contribution in [3.05, 3.63) is 72.2 Å². The van der Waals surface area contributed by atoms with Gasteiger partial charge in [0.15, 0.2) is 0 Å². The number of esters is 1. The number of benzene rings is 1. The van der Waals surface area contributed by atoms with Crippen LogP contribution in [0.15, 0.2) is 55.5 Å². The van der Waals surface area contributed by atoms with Crippen molar-refractivity contribution in [1.82, 2.24) is 9.55 Å². The van der Waals surface area contributed by atoms with Gasteiger partial charge < -0.3 is 14.4 Å². The number of ether oxygens (including phenoxy) is 1. The maximum atomic E-state index is 11.5. The smallest absolute Gasteiger partial charge is 0.335 e. The zero-order chi connectivity index (χ0) is 19.4. The van der Waals surface area contributed by atoms with E-state index in [4.69, 9.17) is 4.74 Å². The van der Waals surface area contributed by atoms with Gasteiger partial charge in [0.1, 0.15) is 0 Å². The number of pyridine rings is 1. The van der Waals surface area contributed by atoms with Gasteiger partial charge in [-0.25, -0.2) is 4.79 Å². The summed E-state index contributed by atoms with van der Waals surface area (Å²) in [6.45, 7) is 4.13. The fourth-order valence-corrected chi connectivity index (χ4v) is 3.04. The molecule has 0 unspecified atom stereocenters. The van der Waals surface area contributed by atoms with Crippen molar-refractivity contribution in [3.8, 4) is 0 Å². The summed E-state index contributed by atoms with van der Waals surface area (Å²) in [6, 6.07) is 9.31. The summed E-state index contributed by atoms with van der Waals surface area (Å²) in [5.74, 6) is -1.32. The van der Waals surface area contributed by atoms with Crippen LogP contribution in [0.3, 0.4) is 0 Å². The largest absolute Gasteiger partial charge is 0.478 e. The number of carbonyl (C=O) groups is 2. The molecule has 3 rings (SSSR count). The minimum Gasteiger partial charge on any atom is -0.478 e. The lowest BCUT2D eigenvalue weighted by molar-refractivity contribution is -0.140. The summed E-state index contributed by atoms with van der Waals surface area (Å²) in [6.07, 6.45) is 6.43. The van der Waals surface area contributed by atoms with E-state index in [1.54, 1.807) is 18.5 Å². The van der Waals surface area contributed by atoms with Crippen molar-refractivity contribution < 1.29 is 19.4 Å². The summed E-state index contributed by atoms with van der Waals surface area (Å²) < 4.78 is 6.72. The molecule has 0 aliphatic heterocycles. The van der Waals surface area contributed by atoms with Gasteiger partial charge in [-0.3, -0.25) is 9.78 Å². The third-order valence-corrected chi connectivity index (χ3v) is 4.47. The number of carboxylic acids is 1. The normalized spacial score (nSPS) is 10.7. The molecule has 0 aliphatic rings. The molecule has 0 amide bonds. The molecule has 27 heavy (non-hydrogen) atoms. The van der Waals surface area contributed by atoms with Crippen LogP contribution in [0.4, 0.5) is 0 Å². The van der Waals surface area contributed by atoms with Gasteiger partial charge in [0.05, 0.1) is 19.1 Å². The predicted octanol–water partition coefficient (Wildman–Crippen LogP) is 3.29. The molecule has 6 nitrogen and oxygen atoms in total. The van der Waals surface area contributed by atoms with Crippen molar-refractivity contribution in [1.29, 1.82) is 0 Å². The number of aryl methyl sites for hydroxylation is 1. The maximum Gasteiger partial charge on any atom is 0.335 e. The van der Waals surface area contributed by atoms with E-state index >= 15 is 0 Å². The van der Waals surface area contributed by atoms with Crippen LogP contribution in [0.5, 0.6) is 0 Å². The molecule has 0 fully saturated rings. The molecule has 0 saturated heterocycles. The quantitative estimate of drug-likeness (QED) is 0.514. The van der Waals surface area contributed by atoms with Crippen molar-refractivity contribution >= 4 is 28.4 Å². The minimum atomic E-state index is -1.05. The summed E-state index contributed by atoms with van der Waals surface area (Å²) in [5.41, 5.74) is 3.62. The summed E-state index contributed by atoms with van der Waals surface area (Å²) in [7, 11) is 1.37. The summed E-state index contributed by atoms with van der Waals surface area (Å²) in [4.78, 5) is 26.9. The van der Waals surface area contributed by atoms with Crippen molar-refractivity contribution in [2.45, 2.75) is 19.4 Å². The van der Waals surface area contributed by atoms with Crippen molar-refractivity contribution in [2.75, 3.05) is 7.11 Å². The van der Waals surface area contributed by atoms with Crippen LogP contribution in [0, 0.1) is 0 Å². The number of nitrogens with zero attached hydrogens (tertiary/aromatic N) is 2. The Labute approximate surface area is 156 Å². The topological polar surface area (TPSA) is 81.4 Å². The first kappa shape index (κ1) is 18.4. The monoisotopic (exact) mass is 364 g/mol. The molecule has 0 atom stereocenters. The standard InChI is InChI=1S/C21H20N2O4/c1-14(21(25)26)16-5-6-19-18(11-16)17(10-15-4-3-8-22-12-15)13-23(19)9-7-20(24)27-2/h3-6,8,11-13H,1,7,9-10H2,2H3,(H,25,26). The number of carbonyl (C=O) groups excluding carboxylic acids is 1. The molecular formula is C21H20N2O4. The highest BCUT2D eigenvalue weighted by molar-refractivity contribution is 6.15. The Hall–Kier alpha value is -3.41. The van der Waals surface area contributed by atoms with Gasteiger partial charge >= 0.3 is 11.9 Å². The number of hydrogen-bond donors (Lipinski definition) is 1. The van der Waals surface area contributed by atoms with Gasteiger partial charge in [0.25, 0.3) is 0 Å². The number of carboxylic acid groups (broad SMARTS) is 1. The molecule has 0 radical (unpaired) electrons. The Bertz CT molecular complexity index is 1010. The van der Waals surface area contributed by atoms with E-state index in [0.717, 1.165) is 22.0 Å². The fraction of sp³-hybridized carbons (Fsp3) is 0.190. The molecular weight excluding hydrogens is 344 g/mol. The number of hydrogen-bond acceptors (Lipinski definition) is 4. The number of fused-ring (bicyclic) bond motifs is 1. The molecule has 0 saturated carbocycles. The summed E-state index contributed by atoms with van der Waals surface area (Å²) in [5, 5.41) is 10.2. The van der Waals surface area contributed by atoms with Gasteiger partial charge in [-0.05, 0) is 34.9 Å². The maximum absolute atomic E-state index is 11.5. The average Bonchev–Trinajstić information content (AvgIpc) is 3.03. The van der Waals surface area contributed by atoms with Gasteiger partial charge in [-0.15, -0.1) is 0 Å². The van der Waals surface area contributed by atoms with Crippen LogP contribution in [0.25, 0.3) is 16.5 Å². The van der Waals surface area contributed by atoms with E-state index in [1.165, 1.54) is 7.11 Å². The SMILES string of the molecule is C=C(C(=O)O)c1ccc2c(c1)c(Cc1cccnc1)cn2CCC(=O)OC. The van der Waals surface area contributed by atoms with E-state index in [-0.39, 0.29) is 18.0 Å². The van der Waals surface area contributed by atoms with Crippen LogP contribution >= 0.6 is 0 Å². The van der Waals surface area contributed by atoms with Gasteiger partial charge in [-0.1, -0.05) is 18.7 Å². The van der Waals surface area contributed by atoms with Crippen molar-refractivity contribution in [2.24, 2.45) is 0 Å². The summed E-state index contributed by atoms with van der Waals surface area (Å²) >= 11 is 0. The number of rotatable bonds is 7. The fourth-order valence-electron chi connectivity index (χ4n) is 3.04. The Morgan fingerprint density at radius 1 is 1.30 bits per heavy atom.